The maximum absolute atomic E-state index is 11.8. The summed E-state index contributed by atoms with van der Waals surface area (Å²) < 4.78 is 0. The molecule has 0 saturated carbocycles. The molecule has 1 aromatic carbocycles. The van der Waals surface area contributed by atoms with Gasteiger partial charge < -0.3 is 16.4 Å². The van der Waals surface area contributed by atoms with E-state index < -0.39 is 0 Å². The standard InChI is InChI=1S/C14H21N3O2.ClH/c1-3-10(2)14(19)17-12-6-4-5-11(7-12)9-16-13(18)8-15;/h4-7,10H,3,8-9,15H2,1-2H3,(H,16,18)(H,17,19);1H. The van der Waals surface area contributed by atoms with Crippen molar-refractivity contribution in [1.29, 1.82) is 0 Å². The van der Waals surface area contributed by atoms with Crippen molar-refractivity contribution in [3.05, 3.63) is 29.8 Å². The molecule has 2 amide bonds. The first-order valence-electron chi connectivity index (χ1n) is 6.43. The maximum Gasteiger partial charge on any atom is 0.234 e. The number of benzene rings is 1. The molecule has 0 aliphatic heterocycles. The van der Waals surface area contributed by atoms with E-state index in [0.29, 0.717) is 6.54 Å². The summed E-state index contributed by atoms with van der Waals surface area (Å²) in [6.45, 7) is 4.25. The van der Waals surface area contributed by atoms with E-state index in [-0.39, 0.29) is 36.7 Å². The number of nitrogens with one attached hydrogen (secondary N) is 2. The van der Waals surface area contributed by atoms with Crippen LogP contribution in [0.2, 0.25) is 0 Å². The van der Waals surface area contributed by atoms with Crippen molar-refractivity contribution in [2.75, 3.05) is 11.9 Å². The van der Waals surface area contributed by atoms with Crippen LogP contribution in [0.5, 0.6) is 0 Å². The van der Waals surface area contributed by atoms with Crippen molar-refractivity contribution in [3.63, 3.8) is 0 Å². The second kappa shape index (κ2) is 9.34. The van der Waals surface area contributed by atoms with Crippen LogP contribution < -0.4 is 16.4 Å². The van der Waals surface area contributed by atoms with Gasteiger partial charge in [-0.1, -0.05) is 26.0 Å². The number of hydrogen-bond acceptors (Lipinski definition) is 3. The van der Waals surface area contributed by atoms with Crippen molar-refractivity contribution in [1.82, 2.24) is 5.32 Å². The van der Waals surface area contributed by atoms with Gasteiger partial charge in [0, 0.05) is 18.2 Å². The monoisotopic (exact) mass is 299 g/mol. The second-order valence-corrected chi connectivity index (χ2v) is 4.48. The van der Waals surface area contributed by atoms with Gasteiger partial charge in [-0.05, 0) is 24.1 Å². The van der Waals surface area contributed by atoms with Crippen molar-refractivity contribution in [2.45, 2.75) is 26.8 Å². The lowest BCUT2D eigenvalue weighted by Gasteiger charge is -2.11. The largest absolute Gasteiger partial charge is 0.351 e. The number of rotatable bonds is 6. The Labute approximate surface area is 125 Å². The zero-order valence-electron chi connectivity index (χ0n) is 11.8. The summed E-state index contributed by atoms with van der Waals surface area (Å²) in [7, 11) is 0. The second-order valence-electron chi connectivity index (χ2n) is 4.48. The fourth-order valence-electron chi connectivity index (χ4n) is 1.48. The molecule has 5 nitrogen and oxygen atoms in total. The molecule has 112 valence electrons. The van der Waals surface area contributed by atoms with Crippen LogP contribution in [0.1, 0.15) is 25.8 Å². The van der Waals surface area contributed by atoms with Gasteiger partial charge in [0.05, 0.1) is 6.54 Å². The first kappa shape index (κ1) is 18.4. The van der Waals surface area contributed by atoms with Gasteiger partial charge in [0.15, 0.2) is 0 Å². The summed E-state index contributed by atoms with van der Waals surface area (Å²) in [6.07, 6.45) is 0.804. The van der Waals surface area contributed by atoms with E-state index in [9.17, 15) is 9.59 Å². The molecule has 1 aromatic rings. The minimum absolute atomic E-state index is 0. The molecule has 0 fully saturated rings. The molecule has 4 N–H and O–H groups in total. The van der Waals surface area contributed by atoms with Gasteiger partial charge >= 0.3 is 0 Å². The topological polar surface area (TPSA) is 84.2 Å². The Hall–Kier alpha value is -1.59. The summed E-state index contributed by atoms with van der Waals surface area (Å²) in [5.41, 5.74) is 6.87. The number of hydrogen-bond donors (Lipinski definition) is 3. The molecule has 0 aromatic heterocycles. The fourth-order valence-corrected chi connectivity index (χ4v) is 1.48. The molecule has 0 aliphatic rings. The van der Waals surface area contributed by atoms with E-state index in [2.05, 4.69) is 10.6 Å². The Morgan fingerprint density at radius 3 is 2.65 bits per heavy atom. The molecule has 1 unspecified atom stereocenters. The summed E-state index contributed by atoms with van der Waals surface area (Å²) in [5, 5.41) is 5.54. The minimum atomic E-state index is -0.200. The van der Waals surface area contributed by atoms with Crippen LogP contribution in [-0.2, 0) is 16.1 Å². The molecule has 1 atom stereocenters. The van der Waals surface area contributed by atoms with Gasteiger partial charge in [0.2, 0.25) is 11.8 Å². The predicted molar refractivity (Wildman–Crippen MR) is 82.7 cm³/mol. The Kier molecular flexibility index (Phi) is 8.59. The molecule has 0 saturated heterocycles. The van der Waals surface area contributed by atoms with Crippen LogP contribution in [0.15, 0.2) is 24.3 Å². The third-order valence-corrected chi connectivity index (χ3v) is 2.93. The predicted octanol–water partition coefficient (Wildman–Crippen LogP) is 1.67. The summed E-state index contributed by atoms with van der Waals surface area (Å²) in [6, 6.07) is 7.40. The summed E-state index contributed by atoms with van der Waals surface area (Å²) in [4.78, 5) is 22.8. The van der Waals surface area contributed by atoms with E-state index >= 15 is 0 Å². The highest BCUT2D eigenvalue weighted by molar-refractivity contribution is 5.92. The number of halogens is 1. The van der Waals surface area contributed by atoms with Gasteiger partial charge in [-0.15, -0.1) is 12.4 Å². The average Bonchev–Trinajstić information content (AvgIpc) is 2.44. The Morgan fingerprint density at radius 2 is 2.05 bits per heavy atom. The third kappa shape index (κ3) is 6.04. The molecular weight excluding hydrogens is 278 g/mol. The van der Waals surface area contributed by atoms with Crippen molar-refractivity contribution in [2.24, 2.45) is 11.7 Å². The van der Waals surface area contributed by atoms with Gasteiger partial charge in [-0.3, -0.25) is 9.59 Å². The van der Waals surface area contributed by atoms with Crippen LogP contribution in [0.3, 0.4) is 0 Å². The Bertz CT molecular complexity index is 452. The van der Waals surface area contributed by atoms with E-state index in [1.165, 1.54) is 0 Å². The SMILES string of the molecule is CCC(C)C(=O)Nc1cccc(CNC(=O)CN)c1.Cl. The lowest BCUT2D eigenvalue weighted by molar-refractivity contribution is -0.120. The van der Waals surface area contributed by atoms with E-state index in [1.54, 1.807) is 0 Å². The lowest BCUT2D eigenvalue weighted by Crippen LogP contribution is -2.29. The molecule has 0 spiro atoms. The van der Waals surface area contributed by atoms with Crippen LogP contribution >= 0.6 is 12.4 Å². The van der Waals surface area contributed by atoms with Crippen molar-refractivity contribution < 1.29 is 9.59 Å². The molecule has 0 aliphatic carbocycles. The highest BCUT2D eigenvalue weighted by Gasteiger charge is 2.10. The summed E-state index contributed by atoms with van der Waals surface area (Å²) >= 11 is 0. The van der Waals surface area contributed by atoms with Crippen LogP contribution in [0, 0.1) is 5.92 Å². The van der Waals surface area contributed by atoms with Crippen molar-refractivity contribution >= 4 is 29.9 Å². The average molecular weight is 300 g/mol. The quantitative estimate of drug-likeness (QED) is 0.747. The van der Waals surface area contributed by atoms with Crippen molar-refractivity contribution in [3.8, 4) is 0 Å². The molecule has 0 bridgehead atoms. The Balaban J connectivity index is 0.00000361. The van der Waals surface area contributed by atoms with E-state index in [1.807, 2.05) is 38.1 Å². The minimum Gasteiger partial charge on any atom is -0.351 e. The van der Waals surface area contributed by atoms with E-state index in [4.69, 9.17) is 5.73 Å². The first-order valence-corrected chi connectivity index (χ1v) is 6.43. The first-order chi connectivity index (χ1) is 9.06. The van der Waals surface area contributed by atoms with Gasteiger partial charge in [0.1, 0.15) is 0 Å². The zero-order valence-corrected chi connectivity index (χ0v) is 12.6. The maximum atomic E-state index is 11.8. The molecular formula is C14H22ClN3O2. The fraction of sp³-hybridized carbons (Fsp3) is 0.429. The van der Waals surface area contributed by atoms with E-state index in [0.717, 1.165) is 17.7 Å². The van der Waals surface area contributed by atoms with Crippen LogP contribution in [-0.4, -0.2) is 18.4 Å². The highest BCUT2D eigenvalue weighted by Crippen LogP contribution is 2.13. The van der Waals surface area contributed by atoms with Crippen LogP contribution in [0.4, 0.5) is 5.69 Å². The summed E-state index contributed by atoms with van der Waals surface area (Å²) in [5.74, 6) is -0.208. The van der Waals surface area contributed by atoms with Crippen LogP contribution in [0.25, 0.3) is 0 Å². The molecule has 1 rings (SSSR count). The lowest BCUT2D eigenvalue weighted by atomic mass is 10.1. The number of amides is 2. The zero-order chi connectivity index (χ0) is 14.3. The highest BCUT2D eigenvalue weighted by atomic mass is 35.5. The molecule has 6 heteroatoms. The number of anilines is 1. The normalized spacial score (nSPS) is 11.2. The molecule has 20 heavy (non-hydrogen) atoms. The van der Waals surface area contributed by atoms with Gasteiger partial charge in [0.25, 0.3) is 0 Å². The third-order valence-electron chi connectivity index (χ3n) is 2.93. The Morgan fingerprint density at radius 1 is 1.35 bits per heavy atom. The number of carbonyl (C=O) groups is 2. The van der Waals surface area contributed by atoms with Gasteiger partial charge in [-0.2, -0.15) is 0 Å². The number of carbonyl (C=O) groups excluding carboxylic acids is 2. The molecule has 0 heterocycles. The molecule has 0 radical (unpaired) electrons. The number of nitrogens with two attached hydrogens (primary N) is 1. The van der Waals surface area contributed by atoms with Gasteiger partial charge in [-0.25, -0.2) is 0 Å². The smallest absolute Gasteiger partial charge is 0.234 e.